The van der Waals surface area contributed by atoms with Gasteiger partial charge in [-0.3, -0.25) is 0 Å². The summed E-state index contributed by atoms with van der Waals surface area (Å²) in [6, 6.07) is 0.349. The third kappa shape index (κ3) is 1.85. The molecule has 0 aliphatic heterocycles. The molecule has 1 aromatic heterocycles. The first-order chi connectivity index (χ1) is 9.70. The molecule has 4 aliphatic carbocycles. The molecular formula is C14H20N6. The van der Waals surface area contributed by atoms with Crippen LogP contribution in [-0.2, 0) is 0 Å². The lowest BCUT2D eigenvalue weighted by Gasteiger charge is -2.52. The van der Waals surface area contributed by atoms with E-state index in [1.54, 1.807) is 0 Å². The lowest BCUT2D eigenvalue weighted by molar-refractivity contribution is -0.000936. The van der Waals surface area contributed by atoms with E-state index >= 15 is 0 Å². The van der Waals surface area contributed by atoms with Crippen LogP contribution in [0, 0.1) is 23.7 Å². The van der Waals surface area contributed by atoms with Gasteiger partial charge in [0.15, 0.2) is 17.3 Å². The van der Waals surface area contributed by atoms with Gasteiger partial charge in [-0.05, 0) is 55.8 Å². The molecule has 4 fully saturated rings. The Morgan fingerprint density at radius 2 is 1.45 bits per heavy atom. The number of rotatable bonds is 2. The summed E-state index contributed by atoms with van der Waals surface area (Å²) in [5.74, 6) is 3.93. The second-order valence-corrected chi connectivity index (χ2v) is 6.63. The molecule has 0 unspecified atom stereocenters. The van der Waals surface area contributed by atoms with Crippen molar-refractivity contribution in [2.45, 2.75) is 38.1 Å². The van der Waals surface area contributed by atoms with E-state index in [4.69, 9.17) is 11.5 Å². The van der Waals surface area contributed by atoms with Crippen molar-refractivity contribution in [3.8, 4) is 0 Å². The van der Waals surface area contributed by atoms with Crippen molar-refractivity contribution in [1.29, 1.82) is 0 Å². The Kier molecular flexibility index (Phi) is 2.65. The number of aromatic nitrogens is 2. The topological polar surface area (TPSA) is 103 Å². The Morgan fingerprint density at radius 3 is 2.00 bits per heavy atom. The normalized spacial score (nSPS) is 38.7. The van der Waals surface area contributed by atoms with Crippen LogP contribution in [0.4, 0.5) is 17.3 Å². The molecule has 4 aliphatic rings. The lowest BCUT2D eigenvalue weighted by Crippen LogP contribution is -2.47. The van der Waals surface area contributed by atoms with Crippen LogP contribution in [0.5, 0.6) is 0 Å². The SMILES string of the molecule is Nc1ncnc(N)c1N=NC1C2CC3CC(C2)CC1C3. The summed E-state index contributed by atoms with van der Waals surface area (Å²) in [7, 11) is 0. The van der Waals surface area contributed by atoms with Crippen molar-refractivity contribution in [1.82, 2.24) is 9.97 Å². The van der Waals surface area contributed by atoms with Crippen LogP contribution in [0.3, 0.4) is 0 Å². The Morgan fingerprint density at radius 1 is 0.900 bits per heavy atom. The maximum Gasteiger partial charge on any atom is 0.169 e. The second kappa shape index (κ2) is 4.40. The molecule has 4 saturated carbocycles. The molecule has 0 radical (unpaired) electrons. The average Bonchev–Trinajstić information content (AvgIpc) is 2.40. The zero-order valence-corrected chi connectivity index (χ0v) is 11.4. The Balaban J connectivity index is 1.58. The fourth-order valence-corrected chi connectivity index (χ4v) is 4.72. The monoisotopic (exact) mass is 272 g/mol. The summed E-state index contributed by atoms with van der Waals surface area (Å²) < 4.78 is 0. The molecule has 1 aromatic rings. The Labute approximate surface area is 118 Å². The van der Waals surface area contributed by atoms with Crippen LogP contribution < -0.4 is 11.5 Å². The lowest BCUT2D eigenvalue weighted by atomic mass is 9.54. The van der Waals surface area contributed by atoms with E-state index in [2.05, 4.69) is 20.2 Å². The first kappa shape index (κ1) is 12.1. The first-order valence-corrected chi connectivity index (χ1v) is 7.47. The van der Waals surface area contributed by atoms with Gasteiger partial charge in [-0.2, -0.15) is 5.11 Å². The summed E-state index contributed by atoms with van der Waals surface area (Å²) in [5.41, 5.74) is 12.0. The second-order valence-electron chi connectivity index (χ2n) is 6.63. The number of anilines is 2. The molecular weight excluding hydrogens is 252 g/mol. The smallest absolute Gasteiger partial charge is 0.169 e. The highest BCUT2D eigenvalue weighted by Crippen LogP contribution is 2.54. The molecule has 20 heavy (non-hydrogen) atoms. The van der Waals surface area contributed by atoms with Gasteiger partial charge in [0.2, 0.25) is 0 Å². The number of hydrogen-bond acceptors (Lipinski definition) is 6. The zero-order chi connectivity index (χ0) is 13.7. The van der Waals surface area contributed by atoms with E-state index in [-0.39, 0.29) is 0 Å². The summed E-state index contributed by atoms with van der Waals surface area (Å²) >= 11 is 0. The van der Waals surface area contributed by atoms with Gasteiger partial charge in [-0.1, -0.05) is 0 Å². The molecule has 6 heteroatoms. The summed E-state index contributed by atoms with van der Waals surface area (Å²) in [6.07, 6.45) is 8.11. The van der Waals surface area contributed by atoms with Crippen molar-refractivity contribution in [2.75, 3.05) is 11.5 Å². The van der Waals surface area contributed by atoms with Crippen molar-refractivity contribution in [3.05, 3.63) is 6.33 Å². The third-order valence-corrected chi connectivity index (χ3v) is 5.35. The molecule has 5 rings (SSSR count). The fourth-order valence-electron chi connectivity index (χ4n) is 4.72. The number of nitrogen functional groups attached to an aromatic ring is 2. The van der Waals surface area contributed by atoms with Crippen LogP contribution in [0.1, 0.15) is 32.1 Å². The van der Waals surface area contributed by atoms with Gasteiger partial charge in [-0.25, -0.2) is 9.97 Å². The molecule has 0 amide bonds. The van der Waals surface area contributed by atoms with E-state index < -0.39 is 0 Å². The van der Waals surface area contributed by atoms with E-state index in [0.717, 1.165) is 11.8 Å². The van der Waals surface area contributed by atoms with Crippen molar-refractivity contribution in [2.24, 2.45) is 33.9 Å². The van der Waals surface area contributed by atoms with E-state index in [9.17, 15) is 0 Å². The Hall–Kier alpha value is -1.72. The van der Waals surface area contributed by atoms with Gasteiger partial charge in [0.1, 0.15) is 6.33 Å². The van der Waals surface area contributed by atoms with Gasteiger partial charge in [0, 0.05) is 0 Å². The zero-order valence-electron chi connectivity index (χ0n) is 11.4. The van der Waals surface area contributed by atoms with E-state index in [0.29, 0.717) is 35.2 Å². The van der Waals surface area contributed by atoms with Crippen molar-refractivity contribution < 1.29 is 0 Å². The van der Waals surface area contributed by atoms with E-state index in [1.165, 1.54) is 38.4 Å². The van der Waals surface area contributed by atoms with Gasteiger partial charge in [-0.15, -0.1) is 5.11 Å². The molecule has 0 atom stereocenters. The molecule has 1 heterocycles. The number of nitrogens with two attached hydrogens (primary N) is 2. The Bertz CT molecular complexity index is 506. The average molecular weight is 272 g/mol. The largest absolute Gasteiger partial charge is 0.382 e. The minimum Gasteiger partial charge on any atom is -0.382 e. The number of hydrogen-bond donors (Lipinski definition) is 2. The van der Waals surface area contributed by atoms with Gasteiger partial charge < -0.3 is 11.5 Å². The van der Waals surface area contributed by atoms with Crippen LogP contribution >= 0.6 is 0 Å². The molecule has 0 aromatic carbocycles. The minimum absolute atomic E-state index is 0.310. The molecule has 0 spiro atoms. The molecule has 0 saturated heterocycles. The summed E-state index contributed by atoms with van der Waals surface area (Å²) in [5, 5.41) is 8.90. The van der Waals surface area contributed by atoms with Crippen molar-refractivity contribution in [3.63, 3.8) is 0 Å². The van der Waals surface area contributed by atoms with Crippen LogP contribution in [0.15, 0.2) is 16.6 Å². The standard InChI is InChI=1S/C14H20N6/c15-13-12(14(16)18-6-17-13)20-19-11-9-2-7-1-8(4-9)5-10(11)3-7/h6-11H,1-5H2,(H4,15,16,17,18). The van der Waals surface area contributed by atoms with Crippen molar-refractivity contribution >= 4 is 17.3 Å². The quantitative estimate of drug-likeness (QED) is 0.807. The molecule has 4 N–H and O–H groups in total. The minimum atomic E-state index is 0.310. The molecule has 106 valence electrons. The predicted octanol–water partition coefficient (Wildman–Crippen LogP) is 2.55. The molecule has 4 bridgehead atoms. The summed E-state index contributed by atoms with van der Waals surface area (Å²) in [6.45, 7) is 0. The summed E-state index contributed by atoms with van der Waals surface area (Å²) in [4.78, 5) is 7.86. The number of azo groups is 1. The highest BCUT2D eigenvalue weighted by Gasteiger charge is 2.48. The molecule has 6 nitrogen and oxygen atoms in total. The van der Waals surface area contributed by atoms with Crippen LogP contribution in [0.25, 0.3) is 0 Å². The van der Waals surface area contributed by atoms with Crippen LogP contribution in [0.2, 0.25) is 0 Å². The van der Waals surface area contributed by atoms with Gasteiger partial charge in [0.25, 0.3) is 0 Å². The third-order valence-electron chi connectivity index (χ3n) is 5.35. The maximum atomic E-state index is 5.80. The van der Waals surface area contributed by atoms with Gasteiger partial charge in [0.05, 0.1) is 6.04 Å². The fraction of sp³-hybridized carbons (Fsp3) is 0.714. The number of nitrogens with zero attached hydrogens (tertiary/aromatic N) is 4. The highest BCUT2D eigenvalue weighted by atomic mass is 15.2. The van der Waals surface area contributed by atoms with Crippen LogP contribution in [-0.4, -0.2) is 16.0 Å². The highest BCUT2D eigenvalue weighted by molar-refractivity contribution is 5.69. The maximum absolute atomic E-state index is 5.80. The predicted molar refractivity (Wildman–Crippen MR) is 76.2 cm³/mol. The van der Waals surface area contributed by atoms with Gasteiger partial charge >= 0.3 is 0 Å². The van der Waals surface area contributed by atoms with E-state index in [1.807, 2.05) is 0 Å². The first-order valence-electron chi connectivity index (χ1n) is 7.47.